The van der Waals surface area contributed by atoms with Crippen molar-refractivity contribution < 1.29 is 4.74 Å². The molecule has 0 amide bonds. The second-order valence-corrected chi connectivity index (χ2v) is 6.45. The van der Waals surface area contributed by atoms with E-state index in [0.717, 1.165) is 4.57 Å². The average Bonchev–Trinajstić information content (AvgIpc) is 2.98. The van der Waals surface area contributed by atoms with Crippen LogP contribution < -0.4 is 16.0 Å². The van der Waals surface area contributed by atoms with Crippen LogP contribution >= 0.6 is 0 Å². The summed E-state index contributed by atoms with van der Waals surface area (Å²) in [6.45, 7) is 9.56. The van der Waals surface area contributed by atoms with Gasteiger partial charge in [-0.25, -0.2) is 4.79 Å². The average molecular weight is 359 g/mol. The molecule has 2 heterocycles. The van der Waals surface area contributed by atoms with Crippen LogP contribution in [0.3, 0.4) is 0 Å². The van der Waals surface area contributed by atoms with Crippen LogP contribution in [0.25, 0.3) is 0 Å². The number of hydrogen-bond acceptors (Lipinski definition) is 7. The molecule has 138 valence electrons. The Balaban J connectivity index is 2.59. The molecule has 0 aliphatic rings. The van der Waals surface area contributed by atoms with Crippen LogP contribution in [0, 0.1) is 11.3 Å². The van der Waals surface area contributed by atoms with Gasteiger partial charge in [0.2, 0.25) is 17.4 Å². The SMILES string of the molecule is CCOc1[nH]c(=O)n(CC)c(=O)c1/N=N/c1n[nH]c(C(C)(C)C)c1C#N. The van der Waals surface area contributed by atoms with Gasteiger partial charge in [0.05, 0.1) is 12.3 Å². The van der Waals surface area contributed by atoms with Crippen LogP contribution in [0.15, 0.2) is 19.8 Å². The molecule has 2 aromatic rings. The van der Waals surface area contributed by atoms with Crippen molar-refractivity contribution in [3.63, 3.8) is 0 Å². The number of nitriles is 1. The van der Waals surface area contributed by atoms with E-state index in [9.17, 15) is 14.9 Å². The van der Waals surface area contributed by atoms with E-state index in [1.54, 1.807) is 13.8 Å². The monoisotopic (exact) mass is 359 g/mol. The maximum absolute atomic E-state index is 12.5. The first-order chi connectivity index (χ1) is 12.2. The molecular weight excluding hydrogens is 338 g/mol. The quantitative estimate of drug-likeness (QED) is 0.788. The molecular formula is C16H21N7O3. The van der Waals surface area contributed by atoms with Crippen molar-refractivity contribution in [2.45, 2.75) is 46.6 Å². The van der Waals surface area contributed by atoms with Gasteiger partial charge in [0.1, 0.15) is 11.6 Å². The van der Waals surface area contributed by atoms with E-state index in [2.05, 4.69) is 31.5 Å². The molecule has 0 aromatic carbocycles. The highest BCUT2D eigenvalue weighted by atomic mass is 16.5. The summed E-state index contributed by atoms with van der Waals surface area (Å²) in [7, 11) is 0. The number of aromatic amines is 2. The highest BCUT2D eigenvalue weighted by molar-refractivity contribution is 5.53. The molecule has 0 fully saturated rings. The second kappa shape index (κ2) is 7.35. The van der Waals surface area contributed by atoms with E-state index in [1.807, 2.05) is 20.8 Å². The van der Waals surface area contributed by atoms with Gasteiger partial charge in [-0.05, 0) is 13.8 Å². The Morgan fingerprint density at radius 1 is 1.27 bits per heavy atom. The minimum atomic E-state index is -0.631. The number of rotatable bonds is 5. The molecule has 0 spiro atoms. The molecule has 0 atom stereocenters. The Bertz CT molecular complexity index is 983. The van der Waals surface area contributed by atoms with E-state index < -0.39 is 11.2 Å². The highest BCUT2D eigenvalue weighted by Crippen LogP contribution is 2.30. The topological polar surface area (TPSA) is 141 Å². The van der Waals surface area contributed by atoms with Crippen molar-refractivity contribution in [1.82, 2.24) is 19.7 Å². The predicted molar refractivity (Wildman–Crippen MR) is 94.3 cm³/mol. The molecule has 0 saturated carbocycles. The Morgan fingerprint density at radius 3 is 2.50 bits per heavy atom. The number of nitrogens with one attached hydrogen (secondary N) is 2. The number of hydrogen-bond donors (Lipinski definition) is 2. The van der Waals surface area contributed by atoms with Crippen molar-refractivity contribution in [3.8, 4) is 11.9 Å². The number of ether oxygens (including phenoxy) is 1. The first-order valence-corrected chi connectivity index (χ1v) is 8.15. The molecule has 0 unspecified atom stereocenters. The third-order valence-electron chi connectivity index (χ3n) is 3.59. The van der Waals surface area contributed by atoms with Crippen molar-refractivity contribution in [1.29, 1.82) is 5.26 Å². The van der Waals surface area contributed by atoms with Crippen LogP contribution in [-0.4, -0.2) is 26.4 Å². The fourth-order valence-electron chi connectivity index (χ4n) is 2.32. The van der Waals surface area contributed by atoms with Crippen LogP contribution in [0.5, 0.6) is 5.88 Å². The second-order valence-electron chi connectivity index (χ2n) is 6.45. The number of azo groups is 1. The predicted octanol–water partition coefficient (Wildman–Crippen LogP) is 2.26. The van der Waals surface area contributed by atoms with Gasteiger partial charge < -0.3 is 4.74 Å². The lowest BCUT2D eigenvalue weighted by molar-refractivity contribution is 0.323. The van der Waals surface area contributed by atoms with E-state index in [0.29, 0.717) is 5.69 Å². The molecule has 0 saturated heterocycles. The Morgan fingerprint density at radius 2 is 1.96 bits per heavy atom. The van der Waals surface area contributed by atoms with Gasteiger partial charge in [-0.15, -0.1) is 10.2 Å². The van der Waals surface area contributed by atoms with Crippen LogP contribution in [0.1, 0.15) is 45.9 Å². The van der Waals surface area contributed by atoms with Gasteiger partial charge >= 0.3 is 5.69 Å². The molecule has 0 bridgehead atoms. The minimum Gasteiger partial charge on any atom is -0.477 e. The van der Waals surface area contributed by atoms with Gasteiger partial charge in [0.15, 0.2) is 0 Å². The number of nitrogens with zero attached hydrogens (tertiary/aromatic N) is 5. The Labute approximate surface area is 149 Å². The van der Waals surface area contributed by atoms with Crippen molar-refractivity contribution in [2.24, 2.45) is 10.2 Å². The molecule has 2 aromatic heterocycles. The lowest BCUT2D eigenvalue weighted by Gasteiger charge is -2.15. The summed E-state index contributed by atoms with van der Waals surface area (Å²) >= 11 is 0. The fourth-order valence-corrected chi connectivity index (χ4v) is 2.32. The van der Waals surface area contributed by atoms with Crippen molar-refractivity contribution in [3.05, 3.63) is 32.1 Å². The summed E-state index contributed by atoms with van der Waals surface area (Å²) in [5.41, 5.74) is -0.848. The number of aromatic nitrogens is 4. The zero-order valence-corrected chi connectivity index (χ0v) is 15.4. The summed E-state index contributed by atoms with van der Waals surface area (Å²) in [5, 5.41) is 24.1. The summed E-state index contributed by atoms with van der Waals surface area (Å²) in [6.07, 6.45) is 0. The third kappa shape index (κ3) is 3.56. The van der Waals surface area contributed by atoms with Gasteiger partial charge in [0, 0.05) is 12.0 Å². The van der Waals surface area contributed by atoms with Gasteiger partial charge in [-0.1, -0.05) is 20.8 Å². The number of H-pyrrole nitrogens is 2. The summed E-state index contributed by atoms with van der Waals surface area (Å²) in [5.74, 6) is -0.00504. The molecule has 26 heavy (non-hydrogen) atoms. The lowest BCUT2D eigenvalue weighted by Crippen LogP contribution is -2.34. The smallest absolute Gasteiger partial charge is 0.331 e. The van der Waals surface area contributed by atoms with E-state index in [-0.39, 0.29) is 41.5 Å². The maximum atomic E-state index is 12.5. The zero-order chi connectivity index (χ0) is 19.5. The molecule has 0 aliphatic heterocycles. The Kier molecular flexibility index (Phi) is 5.40. The van der Waals surface area contributed by atoms with Crippen LogP contribution in [0.4, 0.5) is 11.5 Å². The third-order valence-corrected chi connectivity index (χ3v) is 3.59. The zero-order valence-electron chi connectivity index (χ0n) is 15.4. The fraction of sp³-hybridized carbons (Fsp3) is 0.500. The first kappa shape index (κ1) is 19.1. The summed E-state index contributed by atoms with van der Waals surface area (Å²) in [6, 6.07) is 2.05. The lowest BCUT2D eigenvalue weighted by atomic mass is 9.90. The first-order valence-electron chi connectivity index (χ1n) is 8.15. The molecule has 10 nitrogen and oxygen atoms in total. The largest absolute Gasteiger partial charge is 0.477 e. The van der Waals surface area contributed by atoms with Crippen molar-refractivity contribution in [2.75, 3.05) is 6.61 Å². The molecule has 2 N–H and O–H groups in total. The van der Waals surface area contributed by atoms with Crippen LogP contribution in [0.2, 0.25) is 0 Å². The van der Waals surface area contributed by atoms with Crippen molar-refractivity contribution >= 4 is 11.5 Å². The van der Waals surface area contributed by atoms with E-state index in [4.69, 9.17) is 4.74 Å². The van der Waals surface area contributed by atoms with Gasteiger partial charge in [-0.3, -0.25) is 19.4 Å². The summed E-state index contributed by atoms with van der Waals surface area (Å²) in [4.78, 5) is 26.8. The normalized spacial score (nSPS) is 11.7. The molecule has 2 rings (SSSR count). The van der Waals surface area contributed by atoms with Crippen LogP contribution in [-0.2, 0) is 12.0 Å². The minimum absolute atomic E-state index is 0.0634. The van der Waals surface area contributed by atoms with Gasteiger partial charge in [-0.2, -0.15) is 10.4 Å². The Hall–Kier alpha value is -3.22. The van der Waals surface area contributed by atoms with Gasteiger partial charge in [0.25, 0.3) is 5.56 Å². The van der Waals surface area contributed by atoms with E-state index >= 15 is 0 Å². The maximum Gasteiger partial charge on any atom is 0.331 e. The molecule has 10 heteroatoms. The molecule has 0 aliphatic carbocycles. The standard InChI is InChI=1S/C16H21N7O3/c1-6-23-14(24)10(13(26-7-2)18-15(23)25)19-21-12-9(8-17)11(20-22-12)16(3,4)5/h6-7H2,1-5H3,(H,18,25)(H,20,22)/b21-19+. The summed E-state index contributed by atoms with van der Waals surface area (Å²) < 4.78 is 6.27. The highest BCUT2D eigenvalue weighted by Gasteiger charge is 2.24. The van der Waals surface area contributed by atoms with E-state index in [1.165, 1.54) is 0 Å². The molecule has 0 radical (unpaired) electrons.